The molecule has 2 saturated heterocycles. The third-order valence-electron chi connectivity index (χ3n) is 9.42. The van der Waals surface area contributed by atoms with Gasteiger partial charge in [-0.2, -0.15) is 4.31 Å². The molecule has 3 aliphatic rings. The first-order valence-corrected chi connectivity index (χ1v) is 19.0. The fraction of sp³-hybridized carbons (Fsp3) is 0.611. The lowest BCUT2D eigenvalue weighted by Crippen LogP contribution is -2.52. The lowest BCUT2D eigenvalue weighted by molar-refractivity contribution is -0.0907. The van der Waals surface area contributed by atoms with E-state index in [9.17, 15) is 23.1 Å². The molecule has 3 N–H and O–H groups in total. The second-order valence-electron chi connectivity index (χ2n) is 14.3. The fourth-order valence-corrected chi connectivity index (χ4v) is 8.24. The highest BCUT2D eigenvalue weighted by atomic mass is 32.2. The Labute approximate surface area is 300 Å². The summed E-state index contributed by atoms with van der Waals surface area (Å²) in [6.45, 7) is 5.64. The monoisotopic (exact) mass is 732 g/mol. The molecule has 14 nitrogen and oxygen atoms in total. The van der Waals surface area contributed by atoms with Gasteiger partial charge in [0, 0.05) is 39.8 Å². The number of hydrogen-bond acceptors (Lipinski definition) is 10. The molecule has 3 aliphatic heterocycles. The number of fused-ring (bicyclic) bond motifs is 2. The maximum absolute atomic E-state index is 14.4. The molecule has 2 fully saturated rings. The van der Waals surface area contributed by atoms with Gasteiger partial charge in [-0.25, -0.2) is 18.0 Å². The Bertz CT molecular complexity index is 1570. The number of urea groups is 1. The summed E-state index contributed by atoms with van der Waals surface area (Å²) in [5, 5.41) is 17.5. The van der Waals surface area contributed by atoms with Crippen molar-refractivity contribution in [1.82, 2.24) is 19.8 Å². The average Bonchev–Trinajstić information content (AvgIpc) is 3.72. The number of sulfonamides is 1. The van der Waals surface area contributed by atoms with Crippen LogP contribution >= 0.6 is 0 Å². The molecular weight excluding hydrogens is 680 g/mol. The van der Waals surface area contributed by atoms with Crippen LogP contribution in [0.15, 0.2) is 53.4 Å². The van der Waals surface area contributed by atoms with Crippen LogP contribution in [0.2, 0.25) is 0 Å². The van der Waals surface area contributed by atoms with Crippen molar-refractivity contribution in [2.24, 2.45) is 11.3 Å². The van der Waals surface area contributed by atoms with Gasteiger partial charge >= 0.3 is 12.1 Å². The molecule has 2 aromatic carbocycles. The highest BCUT2D eigenvalue weighted by Gasteiger charge is 2.44. The average molecular weight is 733 g/mol. The van der Waals surface area contributed by atoms with E-state index in [1.807, 2.05) is 44.2 Å². The number of carbonyl (C=O) groups excluding carboxylic acids is 2. The molecule has 0 unspecified atom stereocenters. The number of ether oxygens (including phenoxy) is 5. The summed E-state index contributed by atoms with van der Waals surface area (Å²) in [4.78, 5) is 26.7. The van der Waals surface area contributed by atoms with Crippen molar-refractivity contribution >= 4 is 22.1 Å². The standard InChI is InChI=1S/C36H52N4O10S/c1-36(2,15-8-9-16-37-34(42)39(3)4)24-40(51(44,45)26-12-13-30-31(21-26)47-19-18-46-30)22-29(41)28(20-25-10-6-5-7-11-25)38-35(43)50-32-23-49-33-27(32)14-17-48-33/h5-7,10-13,21,27-29,32-33,41H,8-9,14-20,22-24H2,1-4H3,(H,37,42)(H,38,43)/t27-,28-,29+,32-,33+/m0/s1. The zero-order chi connectivity index (χ0) is 36.6. The number of alkyl carbamates (subject to hydrolysis) is 1. The van der Waals surface area contributed by atoms with E-state index in [0.29, 0.717) is 57.1 Å². The van der Waals surface area contributed by atoms with Crippen LogP contribution in [0.5, 0.6) is 11.5 Å². The summed E-state index contributed by atoms with van der Waals surface area (Å²) in [6, 6.07) is 12.8. The number of amides is 3. The number of benzene rings is 2. The Morgan fingerprint density at radius 1 is 1.02 bits per heavy atom. The minimum atomic E-state index is -4.18. The van der Waals surface area contributed by atoms with Crippen molar-refractivity contribution in [1.29, 1.82) is 0 Å². The SMILES string of the molecule is CN(C)C(=O)NCCCCC(C)(C)CN(C[C@@H](O)[C@H](Cc1ccccc1)NC(=O)O[C@H]1CO[C@H]2OCC[C@H]21)S(=O)(=O)c1ccc2c(c1)OCCO2. The molecule has 5 atom stereocenters. The second-order valence-corrected chi connectivity index (χ2v) is 16.3. The number of aliphatic hydroxyl groups is 1. The van der Waals surface area contributed by atoms with Crippen molar-refractivity contribution in [3.05, 3.63) is 54.1 Å². The van der Waals surface area contributed by atoms with Crippen LogP contribution in [0.4, 0.5) is 9.59 Å². The highest BCUT2D eigenvalue weighted by molar-refractivity contribution is 7.89. The predicted octanol–water partition coefficient (Wildman–Crippen LogP) is 3.38. The van der Waals surface area contributed by atoms with Crippen molar-refractivity contribution in [3.63, 3.8) is 0 Å². The molecule has 0 saturated carbocycles. The van der Waals surface area contributed by atoms with E-state index in [1.54, 1.807) is 20.2 Å². The molecule has 0 aliphatic carbocycles. The van der Waals surface area contributed by atoms with Crippen molar-refractivity contribution in [3.8, 4) is 11.5 Å². The number of unbranched alkanes of at least 4 members (excludes halogenated alkanes) is 1. The van der Waals surface area contributed by atoms with E-state index in [4.69, 9.17) is 23.7 Å². The van der Waals surface area contributed by atoms with Crippen LogP contribution in [0.25, 0.3) is 0 Å². The first kappa shape index (κ1) is 38.6. The molecule has 15 heteroatoms. The molecule has 5 rings (SSSR count). The van der Waals surface area contributed by atoms with Crippen LogP contribution in [0.1, 0.15) is 45.1 Å². The molecule has 2 aromatic rings. The lowest BCUT2D eigenvalue weighted by atomic mass is 9.87. The van der Waals surface area contributed by atoms with Crippen LogP contribution in [-0.4, -0.2) is 120 Å². The zero-order valence-corrected chi connectivity index (χ0v) is 30.7. The van der Waals surface area contributed by atoms with Crippen molar-refractivity contribution < 1.29 is 46.8 Å². The van der Waals surface area contributed by atoms with Crippen LogP contribution in [-0.2, 0) is 30.7 Å². The van der Waals surface area contributed by atoms with E-state index in [0.717, 1.165) is 12.0 Å². The molecule has 3 heterocycles. The van der Waals surface area contributed by atoms with Gasteiger partial charge in [-0.05, 0) is 48.8 Å². The lowest BCUT2D eigenvalue weighted by Gasteiger charge is -2.35. The van der Waals surface area contributed by atoms with Crippen LogP contribution in [0, 0.1) is 11.3 Å². The number of carbonyl (C=O) groups is 2. The first-order valence-electron chi connectivity index (χ1n) is 17.6. The summed E-state index contributed by atoms with van der Waals surface area (Å²) >= 11 is 0. The first-order chi connectivity index (χ1) is 24.3. The van der Waals surface area contributed by atoms with Gasteiger partial charge in [-0.15, -0.1) is 0 Å². The molecule has 282 valence electrons. The van der Waals surface area contributed by atoms with E-state index in [2.05, 4.69) is 10.6 Å². The number of nitrogens with zero attached hydrogens (tertiary/aromatic N) is 2. The van der Waals surface area contributed by atoms with Gasteiger partial charge in [-0.3, -0.25) is 0 Å². The largest absolute Gasteiger partial charge is 0.486 e. The zero-order valence-electron chi connectivity index (χ0n) is 29.9. The van der Waals surface area contributed by atoms with Gasteiger partial charge in [-0.1, -0.05) is 50.6 Å². The molecule has 0 aromatic heterocycles. The maximum atomic E-state index is 14.4. The van der Waals surface area contributed by atoms with Gasteiger partial charge in [0.2, 0.25) is 10.0 Å². The van der Waals surface area contributed by atoms with E-state index < -0.39 is 46.1 Å². The summed E-state index contributed by atoms with van der Waals surface area (Å²) in [5.41, 5.74) is 0.328. The van der Waals surface area contributed by atoms with Gasteiger partial charge in [0.25, 0.3) is 0 Å². The minimum Gasteiger partial charge on any atom is -0.486 e. The fourth-order valence-electron chi connectivity index (χ4n) is 6.58. The third kappa shape index (κ3) is 10.5. The van der Waals surface area contributed by atoms with E-state index in [1.165, 1.54) is 21.3 Å². The van der Waals surface area contributed by atoms with E-state index in [-0.39, 0.29) is 43.0 Å². The summed E-state index contributed by atoms with van der Waals surface area (Å²) in [7, 11) is -0.826. The summed E-state index contributed by atoms with van der Waals surface area (Å²) in [5.74, 6) is 0.729. The summed E-state index contributed by atoms with van der Waals surface area (Å²) in [6.07, 6.45) is 0.127. The molecule has 0 bridgehead atoms. The minimum absolute atomic E-state index is 0.00250. The van der Waals surface area contributed by atoms with Crippen molar-refractivity contribution in [2.45, 2.75) is 75.4 Å². The number of nitrogens with one attached hydrogen (secondary N) is 2. The Morgan fingerprint density at radius 3 is 2.51 bits per heavy atom. The van der Waals surface area contributed by atoms with Gasteiger partial charge in [0.1, 0.15) is 19.3 Å². The maximum Gasteiger partial charge on any atom is 0.407 e. The molecule has 3 amide bonds. The number of hydrogen-bond donors (Lipinski definition) is 3. The number of aliphatic hydroxyl groups excluding tert-OH is 1. The number of rotatable bonds is 16. The van der Waals surface area contributed by atoms with Gasteiger partial charge in [0.15, 0.2) is 17.8 Å². The smallest absolute Gasteiger partial charge is 0.407 e. The Kier molecular flexibility index (Phi) is 13.1. The van der Waals surface area contributed by atoms with Crippen LogP contribution in [0.3, 0.4) is 0 Å². The van der Waals surface area contributed by atoms with Crippen molar-refractivity contribution in [2.75, 3.05) is 60.2 Å². The van der Waals surface area contributed by atoms with Gasteiger partial charge in [0.05, 0.1) is 36.2 Å². The Hall–Kier alpha value is -3.63. The molecule has 0 radical (unpaired) electrons. The molecule has 51 heavy (non-hydrogen) atoms. The summed E-state index contributed by atoms with van der Waals surface area (Å²) < 4.78 is 58.4. The van der Waals surface area contributed by atoms with E-state index >= 15 is 0 Å². The topological polar surface area (TPSA) is 165 Å². The van der Waals surface area contributed by atoms with Gasteiger partial charge < -0.3 is 44.3 Å². The predicted molar refractivity (Wildman–Crippen MR) is 188 cm³/mol. The Morgan fingerprint density at radius 2 is 1.76 bits per heavy atom. The van der Waals surface area contributed by atoms with Crippen LogP contribution < -0.4 is 20.1 Å². The molecular formula is C36H52N4O10S. The highest BCUT2D eigenvalue weighted by Crippen LogP contribution is 2.35. The Balaban J connectivity index is 1.34. The normalized spacial score (nSPS) is 21.1. The third-order valence-corrected chi connectivity index (χ3v) is 11.2. The second kappa shape index (κ2) is 17.3. The quantitative estimate of drug-likeness (QED) is 0.218. The molecule has 0 spiro atoms.